The first-order chi connectivity index (χ1) is 12.2. The van der Waals surface area contributed by atoms with Crippen molar-refractivity contribution in [2.75, 3.05) is 18.5 Å². The van der Waals surface area contributed by atoms with Gasteiger partial charge in [0.2, 0.25) is 5.91 Å². The zero-order valence-electron chi connectivity index (χ0n) is 13.6. The third-order valence-corrected chi connectivity index (χ3v) is 5.32. The average molecular weight is 354 g/mol. The molecule has 2 unspecified atom stereocenters. The number of anilines is 1. The van der Waals surface area contributed by atoms with Gasteiger partial charge in [-0.05, 0) is 40.1 Å². The number of rotatable bonds is 4. The fraction of sp³-hybridized carbons (Fsp3) is 0.263. The quantitative estimate of drug-likeness (QED) is 0.858. The van der Waals surface area contributed by atoms with Crippen LogP contribution in [0.3, 0.4) is 0 Å². The van der Waals surface area contributed by atoms with Gasteiger partial charge in [0.1, 0.15) is 6.04 Å². The summed E-state index contributed by atoms with van der Waals surface area (Å²) >= 11 is 1.61. The van der Waals surface area contributed by atoms with E-state index >= 15 is 0 Å². The van der Waals surface area contributed by atoms with E-state index in [9.17, 15) is 9.59 Å². The van der Waals surface area contributed by atoms with Crippen molar-refractivity contribution in [1.82, 2.24) is 4.90 Å². The molecule has 0 saturated carbocycles. The van der Waals surface area contributed by atoms with Gasteiger partial charge >= 0.3 is 0 Å². The highest BCUT2D eigenvalue weighted by atomic mass is 32.1. The van der Waals surface area contributed by atoms with E-state index in [1.54, 1.807) is 22.3 Å². The Hall–Kier alpha value is -2.44. The molecule has 0 spiro atoms. The minimum Gasteiger partial charge on any atom is -0.372 e. The molecule has 6 heteroatoms. The van der Waals surface area contributed by atoms with Gasteiger partial charge in [0.05, 0.1) is 24.0 Å². The van der Waals surface area contributed by atoms with Crippen molar-refractivity contribution < 1.29 is 14.3 Å². The predicted molar refractivity (Wildman–Crippen MR) is 97.8 cm³/mol. The van der Waals surface area contributed by atoms with Gasteiger partial charge in [0.15, 0.2) is 0 Å². The SMILES string of the molecule is C=CCOC1CC2C(=O)Nc3ccc(-c4ccsc4)cc3C(=O)N2C1. The Morgan fingerprint density at radius 2 is 2.20 bits per heavy atom. The van der Waals surface area contributed by atoms with E-state index in [1.165, 1.54) is 0 Å². The Morgan fingerprint density at radius 1 is 1.32 bits per heavy atom. The summed E-state index contributed by atoms with van der Waals surface area (Å²) in [6.45, 7) is 4.48. The summed E-state index contributed by atoms with van der Waals surface area (Å²) < 4.78 is 5.66. The fourth-order valence-corrected chi connectivity index (χ4v) is 4.07. The molecular weight excluding hydrogens is 336 g/mol. The van der Waals surface area contributed by atoms with Crippen LogP contribution in [-0.2, 0) is 9.53 Å². The molecule has 5 nitrogen and oxygen atoms in total. The molecule has 1 fully saturated rings. The van der Waals surface area contributed by atoms with E-state index in [4.69, 9.17) is 4.74 Å². The topological polar surface area (TPSA) is 58.6 Å². The minimum atomic E-state index is -0.487. The lowest BCUT2D eigenvalue weighted by atomic mass is 10.0. The largest absolute Gasteiger partial charge is 0.372 e. The maximum absolute atomic E-state index is 13.1. The van der Waals surface area contributed by atoms with E-state index in [2.05, 4.69) is 11.9 Å². The molecule has 1 aromatic carbocycles. The number of fused-ring (bicyclic) bond motifs is 2. The zero-order chi connectivity index (χ0) is 17.4. The number of benzene rings is 1. The van der Waals surface area contributed by atoms with Gasteiger partial charge in [0.25, 0.3) is 5.91 Å². The number of carbonyl (C=O) groups excluding carboxylic acids is 2. The summed E-state index contributed by atoms with van der Waals surface area (Å²) in [5.74, 6) is -0.278. The van der Waals surface area contributed by atoms with Crippen LogP contribution in [0.1, 0.15) is 16.8 Å². The maximum atomic E-state index is 13.1. The van der Waals surface area contributed by atoms with Gasteiger partial charge in [0, 0.05) is 13.0 Å². The minimum absolute atomic E-state index is 0.125. The molecule has 128 valence electrons. The Kier molecular flexibility index (Phi) is 4.15. The lowest BCUT2D eigenvalue weighted by Crippen LogP contribution is -2.40. The van der Waals surface area contributed by atoms with Crippen LogP contribution in [0, 0.1) is 0 Å². The van der Waals surface area contributed by atoms with Gasteiger partial charge in [-0.25, -0.2) is 0 Å². The van der Waals surface area contributed by atoms with Crippen molar-refractivity contribution >= 4 is 28.8 Å². The third-order valence-electron chi connectivity index (χ3n) is 4.64. The standard InChI is InChI=1S/C19H18N2O3S/c1-2-6-24-14-9-17-18(22)20-16-4-3-12(13-5-7-25-11-13)8-15(16)19(23)21(17)10-14/h2-5,7-8,11,14,17H,1,6,9-10H2,(H,20,22). The average Bonchev–Trinajstić information content (AvgIpc) is 3.28. The summed E-state index contributed by atoms with van der Waals surface area (Å²) in [4.78, 5) is 27.3. The molecule has 4 rings (SSSR count). The van der Waals surface area contributed by atoms with E-state index in [0.29, 0.717) is 30.8 Å². The number of amides is 2. The molecule has 1 aromatic heterocycles. The lowest BCUT2D eigenvalue weighted by molar-refractivity contribution is -0.119. The summed E-state index contributed by atoms with van der Waals surface area (Å²) in [7, 11) is 0. The molecule has 2 aromatic rings. The molecule has 2 atom stereocenters. The van der Waals surface area contributed by atoms with E-state index in [1.807, 2.05) is 35.0 Å². The van der Waals surface area contributed by atoms with Crippen LogP contribution in [-0.4, -0.2) is 42.0 Å². The van der Waals surface area contributed by atoms with E-state index in [-0.39, 0.29) is 17.9 Å². The number of hydrogen-bond donors (Lipinski definition) is 1. The fourth-order valence-electron chi connectivity index (χ4n) is 3.40. The molecule has 0 aliphatic carbocycles. The molecule has 0 radical (unpaired) electrons. The van der Waals surface area contributed by atoms with Gasteiger partial charge in [-0.1, -0.05) is 12.1 Å². The summed E-state index contributed by atoms with van der Waals surface area (Å²) in [6, 6.07) is 7.14. The summed E-state index contributed by atoms with van der Waals surface area (Å²) in [5.41, 5.74) is 3.15. The Bertz CT molecular complexity index is 831. The number of thiophene rings is 1. The first kappa shape index (κ1) is 16.1. The van der Waals surface area contributed by atoms with Crippen LogP contribution < -0.4 is 5.32 Å². The molecule has 2 aliphatic heterocycles. The van der Waals surface area contributed by atoms with Crippen molar-refractivity contribution in [2.45, 2.75) is 18.6 Å². The lowest BCUT2D eigenvalue weighted by Gasteiger charge is -2.20. The Morgan fingerprint density at radius 3 is 2.96 bits per heavy atom. The van der Waals surface area contributed by atoms with Gasteiger partial charge in [-0.3, -0.25) is 9.59 Å². The first-order valence-corrected chi connectivity index (χ1v) is 9.12. The Balaban J connectivity index is 1.67. The molecule has 0 bridgehead atoms. The molecule has 2 amide bonds. The van der Waals surface area contributed by atoms with Crippen LogP contribution in [0.5, 0.6) is 0 Å². The Labute approximate surface area is 149 Å². The highest BCUT2D eigenvalue weighted by Gasteiger charge is 2.43. The van der Waals surface area contributed by atoms with Crippen molar-refractivity contribution in [3.8, 4) is 11.1 Å². The number of nitrogens with zero attached hydrogens (tertiary/aromatic N) is 1. The number of carbonyl (C=O) groups is 2. The second kappa shape index (κ2) is 6.46. The number of ether oxygens (including phenoxy) is 1. The third kappa shape index (κ3) is 2.88. The summed E-state index contributed by atoms with van der Waals surface area (Å²) in [5, 5.41) is 6.94. The molecule has 25 heavy (non-hydrogen) atoms. The molecule has 2 aliphatic rings. The van der Waals surface area contributed by atoms with Gasteiger partial charge in [-0.15, -0.1) is 6.58 Å². The van der Waals surface area contributed by atoms with Crippen LogP contribution in [0.25, 0.3) is 11.1 Å². The van der Waals surface area contributed by atoms with Crippen molar-refractivity contribution in [3.63, 3.8) is 0 Å². The first-order valence-electron chi connectivity index (χ1n) is 8.18. The van der Waals surface area contributed by atoms with Crippen LogP contribution >= 0.6 is 11.3 Å². The van der Waals surface area contributed by atoms with Crippen molar-refractivity contribution in [3.05, 3.63) is 53.2 Å². The molecule has 1 saturated heterocycles. The highest BCUT2D eigenvalue weighted by molar-refractivity contribution is 7.08. The van der Waals surface area contributed by atoms with Crippen LogP contribution in [0.2, 0.25) is 0 Å². The predicted octanol–water partition coefficient (Wildman–Crippen LogP) is 3.15. The van der Waals surface area contributed by atoms with Gasteiger partial charge in [-0.2, -0.15) is 11.3 Å². The normalized spacial score (nSPS) is 22.2. The van der Waals surface area contributed by atoms with E-state index < -0.39 is 6.04 Å². The number of hydrogen-bond acceptors (Lipinski definition) is 4. The van der Waals surface area contributed by atoms with Crippen molar-refractivity contribution in [1.29, 1.82) is 0 Å². The monoisotopic (exact) mass is 354 g/mol. The second-order valence-electron chi connectivity index (χ2n) is 6.21. The number of nitrogens with one attached hydrogen (secondary N) is 1. The molecule has 3 heterocycles. The summed E-state index contributed by atoms with van der Waals surface area (Å²) in [6.07, 6.45) is 2.05. The zero-order valence-corrected chi connectivity index (χ0v) is 14.4. The molecule has 1 N–H and O–H groups in total. The maximum Gasteiger partial charge on any atom is 0.256 e. The highest BCUT2D eigenvalue weighted by Crippen LogP contribution is 2.33. The van der Waals surface area contributed by atoms with Crippen LogP contribution in [0.4, 0.5) is 5.69 Å². The molecular formula is C19H18N2O3S. The van der Waals surface area contributed by atoms with E-state index in [0.717, 1.165) is 11.1 Å². The van der Waals surface area contributed by atoms with Crippen molar-refractivity contribution in [2.24, 2.45) is 0 Å². The van der Waals surface area contributed by atoms with Crippen LogP contribution in [0.15, 0.2) is 47.7 Å². The smallest absolute Gasteiger partial charge is 0.256 e. The van der Waals surface area contributed by atoms with Gasteiger partial charge < -0.3 is 15.0 Å². The second-order valence-corrected chi connectivity index (χ2v) is 6.99.